The normalized spacial score (nSPS) is 22.7. The van der Waals surface area contributed by atoms with Crippen molar-refractivity contribution < 1.29 is 9.52 Å². The van der Waals surface area contributed by atoms with E-state index in [4.69, 9.17) is 9.52 Å². The van der Waals surface area contributed by atoms with Crippen LogP contribution in [0.15, 0.2) is 10.7 Å². The molecule has 0 amide bonds. The molecule has 0 bridgehead atoms. The third-order valence-corrected chi connectivity index (χ3v) is 3.50. The SMILES string of the molecule is CC1CSCCN1c1nc(CO)co1. The van der Waals surface area contributed by atoms with Gasteiger partial charge >= 0.3 is 0 Å². The third kappa shape index (κ3) is 1.88. The Hall–Kier alpha value is -0.680. The van der Waals surface area contributed by atoms with Crippen LogP contribution in [-0.2, 0) is 6.61 Å². The Balaban J connectivity index is 2.12. The summed E-state index contributed by atoms with van der Waals surface area (Å²) >= 11 is 1.95. The maximum Gasteiger partial charge on any atom is 0.297 e. The van der Waals surface area contributed by atoms with Gasteiger partial charge in [-0.05, 0) is 6.92 Å². The number of hydrogen-bond donors (Lipinski definition) is 1. The molecule has 1 fully saturated rings. The molecule has 0 radical (unpaired) electrons. The smallest absolute Gasteiger partial charge is 0.297 e. The van der Waals surface area contributed by atoms with Crippen molar-refractivity contribution in [3.8, 4) is 0 Å². The maximum absolute atomic E-state index is 8.87. The highest BCUT2D eigenvalue weighted by molar-refractivity contribution is 7.99. The van der Waals surface area contributed by atoms with Crippen molar-refractivity contribution >= 4 is 17.8 Å². The highest BCUT2D eigenvalue weighted by atomic mass is 32.2. The lowest BCUT2D eigenvalue weighted by Crippen LogP contribution is -2.40. The number of rotatable bonds is 2. The van der Waals surface area contributed by atoms with Crippen LogP contribution in [0.25, 0.3) is 0 Å². The van der Waals surface area contributed by atoms with Crippen LogP contribution in [0.4, 0.5) is 6.01 Å². The van der Waals surface area contributed by atoms with Crippen LogP contribution in [-0.4, -0.2) is 34.2 Å². The Morgan fingerprint density at radius 2 is 2.64 bits per heavy atom. The number of anilines is 1. The fourth-order valence-corrected chi connectivity index (χ4v) is 2.53. The largest absolute Gasteiger partial charge is 0.432 e. The maximum atomic E-state index is 8.87. The minimum Gasteiger partial charge on any atom is -0.432 e. The summed E-state index contributed by atoms with van der Waals surface area (Å²) in [5.74, 6) is 2.22. The van der Waals surface area contributed by atoms with E-state index < -0.39 is 0 Å². The van der Waals surface area contributed by atoms with E-state index in [9.17, 15) is 0 Å². The first kappa shape index (κ1) is 9.86. The van der Waals surface area contributed by atoms with Gasteiger partial charge < -0.3 is 14.4 Å². The molecule has 1 aliphatic heterocycles. The minimum atomic E-state index is -0.0551. The van der Waals surface area contributed by atoms with Gasteiger partial charge in [0.05, 0.1) is 6.61 Å². The standard InChI is InChI=1S/C9H14N2O2S/c1-7-6-14-3-2-11(7)9-10-8(4-12)5-13-9/h5,7,12H,2-4,6H2,1H3. The highest BCUT2D eigenvalue weighted by Gasteiger charge is 2.22. The molecule has 0 aromatic carbocycles. The summed E-state index contributed by atoms with van der Waals surface area (Å²) in [6.07, 6.45) is 1.52. The van der Waals surface area contributed by atoms with Crippen LogP contribution < -0.4 is 4.90 Å². The summed E-state index contributed by atoms with van der Waals surface area (Å²) in [5.41, 5.74) is 0.602. The van der Waals surface area contributed by atoms with E-state index in [0.29, 0.717) is 17.8 Å². The fourth-order valence-electron chi connectivity index (χ4n) is 1.51. The van der Waals surface area contributed by atoms with Gasteiger partial charge in [0.15, 0.2) is 0 Å². The first-order valence-corrected chi connectivity index (χ1v) is 5.86. The monoisotopic (exact) mass is 214 g/mol. The molecule has 0 spiro atoms. The average Bonchev–Trinajstić information content (AvgIpc) is 2.67. The molecule has 0 saturated carbocycles. The van der Waals surface area contributed by atoms with E-state index in [1.54, 1.807) is 0 Å². The van der Waals surface area contributed by atoms with E-state index in [-0.39, 0.29) is 6.61 Å². The topological polar surface area (TPSA) is 49.5 Å². The van der Waals surface area contributed by atoms with Crippen molar-refractivity contribution in [2.75, 3.05) is 23.0 Å². The van der Waals surface area contributed by atoms with Crippen LogP contribution in [0, 0.1) is 0 Å². The van der Waals surface area contributed by atoms with Crippen molar-refractivity contribution in [3.05, 3.63) is 12.0 Å². The Bertz CT molecular complexity index is 303. The molecule has 1 aromatic heterocycles. The molecule has 1 aromatic rings. The van der Waals surface area contributed by atoms with Gasteiger partial charge in [-0.25, -0.2) is 0 Å². The van der Waals surface area contributed by atoms with Gasteiger partial charge in [-0.3, -0.25) is 0 Å². The number of aliphatic hydroxyl groups excluding tert-OH is 1. The molecular formula is C9H14N2O2S. The van der Waals surface area contributed by atoms with Gasteiger partial charge in [0.2, 0.25) is 0 Å². The van der Waals surface area contributed by atoms with E-state index >= 15 is 0 Å². The second-order valence-corrected chi connectivity index (χ2v) is 4.55. The Kier molecular flexibility index (Phi) is 2.98. The van der Waals surface area contributed by atoms with Crippen molar-refractivity contribution in [2.45, 2.75) is 19.6 Å². The van der Waals surface area contributed by atoms with Crippen LogP contribution in [0.3, 0.4) is 0 Å². The first-order chi connectivity index (χ1) is 6.81. The molecule has 5 heteroatoms. The van der Waals surface area contributed by atoms with E-state index in [1.165, 1.54) is 6.26 Å². The highest BCUT2D eigenvalue weighted by Crippen LogP contribution is 2.22. The second kappa shape index (κ2) is 4.23. The minimum absolute atomic E-state index is 0.0551. The zero-order valence-corrected chi connectivity index (χ0v) is 8.96. The Morgan fingerprint density at radius 1 is 1.79 bits per heavy atom. The lowest BCUT2D eigenvalue weighted by molar-refractivity contribution is 0.276. The van der Waals surface area contributed by atoms with Gasteiger partial charge in [0, 0.05) is 24.1 Å². The lowest BCUT2D eigenvalue weighted by atomic mass is 10.3. The molecule has 1 unspecified atom stereocenters. The molecule has 2 heterocycles. The number of thioether (sulfide) groups is 1. The van der Waals surface area contributed by atoms with Crippen molar-refractivity contribution in [3.63, 3.8) is 0 Å². The summed E-state index contributed by atoms with van der Waals surface area (Å²) in [4.78, 5) is 6.35. The number of nitrogens with zero attached hydrogens (tertiary/aromatic N) is 2. The molecule has 0 aliphatic carbocycles. The van der Waals surface area contributed by atoms with Crippen molar-refractivity contribution in [2.24, 2.45) is 0 Å². The van der Waals surface area contributed by atoms with Gasteiger partial charge in [-0.15, -0.1) is 0 Å². The zero-order chi connectivity index (χ0) is 9.97. The van der Waals surface area contributed by atoms with E-state index in [2.05, 4.69) is 16.8 Å². The second-order valence-electron chi connectivity index (χ2n) is 3.40. The summed E-state index contributed by atoms with van der Waals surface area (Å²) in [5, 5.41) is 8.87. The van der Waals surface area contributed by atoms with Gasteiger partial charge in [-0.1, -0.05) is 0 Å². The molecule has 1 N–H and O–H groups in total. The third-order valence-electron chi connectivity index (χ3n) is 2.31. The number of aliphatic hydroxyl groups is 1. The average molecular weight is 214 g/mol. The molecule has 2 rings (SSSR count). The lowest BCUT2D eigenvalue weighted by Gasteiger charge is -2.31. The molecule has 1 saturated heterocycles. The Labute approximate surface area is 87.3 Å². The van der Waals surface area contributed by atoms with E-state index in [0.717, 1.165) is 18.1 Å². The summed E-state index contributed by atoms with van der Waals surface area (Å²) in [6.45, 7) is 3.08. The molecular weight excluding hydrogens is 200 g/mol. The zero-order valence-electron chi connectivity index (χ0n) is 8.14. The van der Waals surface area contributed by atoms with Gasteiger partial charge in [0.25, 0.3) is 6.01 Å². The van der Waals surface area contributed by atoms with Crippen molar-refractivity contribution in [1.29, 1.82) is 0 Å². The van der Waals surface area contributed by atoms with Crippen LogP contribution in [0.2, 0.25) is 0 Å². The van der Waals surface area contributed by atoms with Gasteiger partial charge in [0.1, 0.15) is 12.0 Å². The first-order valence-electron chi connectivity index (χ1n) is 4.71. The summed E-state index contributed by atoms with van der Waals surface area (Å²) in [7, 11) is 0. The number of hydrogen-bond acceptors (Lipinski definition) is 5. The van der Waals surface area contributed by atoms with Crippen LogP contribution in [0.1, 0.15) is 12.6 Å². The summed E-state index contributed by atoms with van der Waals surface area (Å²) < 4.78 is 5.31. The van der Waals surface area contributed by atoms with Crippen LogP contribution in [0.5, 0.6) is 0 Å². The van der Waals surface area contributed by atoms with Crippen LogP contribution >= 0.6 is 11.8 Å². The summed E-state index contributed by atoms with van der Waals surface area (Å²) in [6, 6.07) is 1.10. The number of oxazole rings is 1. The predicted molar refractivity (Wildman–Crippen MR) is 56.6 cm³/mol. The molecule has 14 heavy (non-hydrogen) atoms. The van der Waals surface area contributed by atoms with Crippen molar-refractivity contribution in [1.82, 2.24) is 4.98 Å². The van der Waals surface area contributed by atoms with Gasteiger partial charge in [-0.2, -0.15) is 16.7 Å². The molecule has 1 aliphatic rings. The fraction of sp³-hybridized carbons (Fsp3) is 0.667. The Morgan fingerprint density at radius 3 is 3.29 bits per heavy atom. The molecule has 78 valence electrons. The molecule has 1 atom stereocenters. The quantitative estimate of drug-likeness (QED) is 0.799. The van der Waals surface area contributed by atoms with E-state index in [1.807, 2.05) is 11.8 Å². The number of aromatic nitrogens is 1. The predicted octanol–water partition coefficient (Wildman–Crippen LogP) is 1.11. The molecule has 4 nitrogen and oxygen atoms in total.